The van der Waals surface area contributed by atoms with Crippen molar-refractivity contribution in [3.8, 4) is 6.07 Å². The molecule has 1 heterocycles. The van der Waals surface area contributed by atoms with E-state index in [-0.39, 0.29) is 23.9 Å². The van der Waals surface area contributed by atoms with Crippen LogP contribution in [0.4, 0.5) is 8.78 Å². The summed E-state index contributed by atoms with van der Waals surface area (Å²) in [5, 5.41) is 11.4. The monoisotopic (exact) mass is 321 g/mol. The molecule has 2 rings (SSSR count). The van der Waals surface area contributed by atoms with Crippen molar-refractivity contribution in [1.29, 1.82) is 5.26 Å². The Balaban J connectivity index is 2.34. The zero-order chi connectivity index (χ0) is 17.1. The van der Waals surface area contributed by atoms with E-state index in [1.54, 1.807) is 0 Å². The topological polar surface area (TPSA) is 73.2 Å². The Bertz CT molecular complexity index is 659. The van der Waals surface area contributed by atoms with Crippen molar-refractivity contribution in [2.75, 3.05) is 13.1 Å². The van der Waals surface area contributed by atoms with Crippen molar-refractivity contribution in [1.82, 2.24) is 10.2 Å². The zero-order valence-corrected chi connectivity index (χ0v) is 12.9. The minimum absolute atomic E-state index is 0.175. The highest BCUT2D eigenvalue weighted by molar-refractivity contribution is 5.98. The van der Waals surface area contributed by atoms with Crippen LogP contribution in [0.25, 0.3) is 0 Å². The molecule has 1 aliphatic heterocycles. The van der Waals surface area contributed by atoms with Gasteiger partial charge in [-0.2, -0.15) is 5.26 Å². The molecule has 0 bridgehead atoms. The van der Waals surface area contributed by atoms with Crippen LogP contribution in [0.5, 0.6) is 0 Å². The van der Waals surface area contributed by atoms with Crippen LogP contribution in [0.15, 0.2) is 12.1 Å². The average molecular weight is 321 g/mol. The number of amides is 2. The number of benzene rings is 1. The minimum Gasteiger partial charge on any atom is -0.353 e. The lowest BCUT2D eigenvalue weighted by molar-refractivity contribution is -0.128. The van der Waals surface area contributed by atoms with E-state index in [4.69, 9.17) is 5.26 Å². The molecule has 1 fully saturated rings. The second-order valence-corrected chi connectivity index (χ2v) is 5.86. The van der Waals surface area contributed by atoms with E-state index in [9.17, 15) is 18.4 Å². The van der Waals surface area contributed by atoms with Crippen LogP contribution in [0.2, 0.25) is 0 Å². The summed E-state index contributed by atoms with van der Waals surface area (Å²) in [6.45, 7) is 4.41. The lowest BCUT2D eigenvalue weighted by atomic mass is 9.99. The molecule has 1 aliphatic rings. The lowest BCUT2D eigenvalue weighted by Crippen LogP contribution is -2.57. The molecule has 0 radical (unpaired) electrons. The van der Waals surface area contributed by atoms with Crippen LogP contribution >= 0.6 is 0 Å². The standard InChI is InChI=1S/C16H17F2N3O2/c1-9(2)5-14-15(22)20-3-4-21(14)16(23)10-6-12(17)11(8-19)13(18)7-10/h6-7,9,14H,3-5H2,1-2H3,(H,20,22). The molecule has 2 amide bonds. The van der Waals surface area contributed by atoms with Gasteiger partial charge in [-0.05, 0) is 24.5 Å². The number of nitrogens with one attached hydrogen (secondary N) is 1. The van der Waals surface area contributed by atoms with Gasteiger partial charge >= 0.3 is 0 Å². The second-order valence-electron chi connectivity index (χ2n) is 5.86. The Morgan fingerprint density at radius 2 is 2.04 bits per heavy atom. The molecule has 7 heteroatoms. The maximum atomic E-state index is 13.7. The zero-order valence-electron chi connectivity index (χ0n) is 12.9. The predicted octanol–water partition coefficient (Wildman–Crippen LogP) is 1.82. The number of piperazine rings is 1. The number of carbonyl (C=O) groups is 2. The van der Waals surface area contributed by atoms with Gasteiger partial charge in [-0.3, -0.25) is 9.59 Å². The van der Waals surface area contributed by atoms with Crippen LogP contribution in [-0.2, 0) is 4.79 Å². The summed E-state index contributed by atoms with van der Waals surface area (Å²) in [6.07, 6.45) is 0.457. The van der Waals surface area contributed by atoms with E-state index in [0.29, 0.717) is 13.0 Å². The molecule has 1 saturated heterocycles. The van der Waals surface area contributed by atoms with Crippen molar-refractivity contribution in [2.24, 2.45) is 5.92 Å². The third-order valence-electron chi connectivity index (χ3n) is 3.69. The van der Waals surface area contributed by atoms with Crippen molar-refractivity contribution >= 4 is 11.8 Å². The first-order valence-corrected chi connectivity index (χ1v) is 7.33. The molecule has 1 unspecified atom stereocenters. The van der Waals surface area contributed by atoms with E-state index in [1.807, 2.05) is 13.8 Å². The summed E-state index contributed by atoms with van der Waals surface area (Å²) in [6, 6.07) is 2.42. The Kier molecular flexibility index (Phi) is 4.94. The predicted molar refractivity (Wildman–Crippen MR) is 78.4 cm³/mol. The molecular weight excluding hydrogens is 304 g/mol. The molecule has 1 aromatic rings. The maximum absolute atomic E-state index is 13.7. The van der Waals surface area contributed by atoms with Crippen LogP contribution in [0.1, 0.15) is 36.2 Å². The van der Waals surface area contributed by atoms with Gasteiger partial charge in [0.25, 0.3) is 5.91 Å². The Morgan fingerprint density at radius 1 is 1.43 bits per heavy atom. The van der Waals surface area contributed by atoms with Crippen LogP contribution in [-0.4, -0.2) is 35.8 Å². The van der Waals surface area contributed by atoms with Gasteiger partial charge in [0.1, 0.15) is 29.3 Å². The number of rotatable bonds is 3. The first kappa shape index (κ1) is 16.9. The van der Waals surface area contributed by atoms with Gasteiger partial charge in [0.05, 0.1) is 0 Å². The first-order chi connectivity index (χ1) is 10.8. The fourth-order valence-electron chi connectivity index (χ4n) is 2.61. The highest BCUT2D eigenvalue weighted by Gasteiger charge is 2.34. The molecule has 23 heavy (non-hydrogen) atoms. The molecule has 1 N–H and O–H groups in total. The molecule has 0 aliphatic carbocycles. The molecule has 1 aromatic carbocycles. The molecule has 0 spiro atoms. The summed E-state index contributed by atoms with van der Waals surface area (Å²) in [4.78, 5) is 25.9. The normalized spacial score (nSPS) is 17.8. The largest absolute Gasteiger partial charge is 0.353 e. The van der Waals surface area contributed by atoms with Crippen molar-refractivity contribution in [3.05, 3.63) is 34.9 Å². The molecule has 5 nitrogen and oxygen atoms in total. The van der Waals surface area contributed by atoms with Gasteiger partial charge in [-0.15, -0.1) is 0 Å². The number of nitrogens with zero attached hydrogens (tertiary/aromatic N) is 2. The van der Waals surface area contributed by atoms with Crippen molar-refractivity contribution in [2.45, 2.75) is 26.3 Å². The summed E-state index contributed by atoms with van der Waals surface area (Å²) >= 11 is 0. The second kappa shape index (κ2) is 6.73. The van der Waals surface area contributed by atoms with E-state index < -0.39 is 29.1 Å². The Labute approximate surface area is 132 Å². The fraction of sp³-hybridized carbons (Fsp3) is 0.438. The van der Waals surface area contributed by atoms with Gasteiger partial charge in [0.15, 0.2) is 0 Å². The molecule has 0 saturated carbocycles. The van der Waals surface area contributed by atoms with Gasteiger partial charge in [-0.25, -0.2) is 8.78 Å². The molecule has 1 atom stereocenters. The molecule has 0 aromatic heterocycles. The van der Waals surface area contributed by atoms with Gasteiger partial charge < -0.3 is 10.2 Å². The van der Waals surface area contributed by atoms with E-state index in [1.165, 1.54) is 11.0 Å². The Hall–Kier alpha value is -2.49. The van der Waals surface area contributed by atoms with Crippen molar-refractivity contribution < 1.29 is 18.4 Å². The maximum Gasteiger partial charge on any atom is 0.254 e. The third-order valence-corrected chi connectivity index (χ3v) is 3.69. The quantitative estimate of drug-likeness (QED) is 0.923. The van der Waals surface area contributed by atoms with E-state index in [2.05, 4.69) is 5.32 Å². The third kappa shape index (κ3) is 3.47. The highest BCUT2D eigenvalue weighted by atomic mass is 19.1. The SMILES string of the molecule is CC(C)CC1C(=O)NCCN1C(=O)c1cc(F)c(C#N)c(F)c1. The van der Waals surface area contributed by atoms with Crippen LogP contribution in [0.3, 0.4) is 0 Å². The summed E-state index contributed by atoms with van der Waals surface area (Å²) in [7, 11) is 0. The number of halogens is 2. The van der Waals surface area contributed by atoms with Crippen molar-refractivity contribution in [3.63, 3.8) is 0 Å². The van der Waals surface area contributed by atoms with Crippen LogP contribution < -0.4 is 5.32 Å². The molecule has 122 valence electrons. The van der Waals surface area contributed by atoms with E-state index in [0.717, 1.165) is 12.1 Å². The summed E-state index contributed by atoms with van der Waals surface area (Å²) in [5.74, 6) is -2.88. The number of nitriles is 1. The molecular formula is C16H17F2N3O2. The van der Waals surface area contributed by atoms with E-state index >= 15 is 0 Å². The minimum atomic E-state index is -1.09. The number of hydrogen-bond acceptors (Lipinski definition) is 3. The fourth-order valence-corrected chi connectivity index (χ4v) is 2.61. The number of carbonyl (C=O) groups excluding carboxylic acids is 2. The van der Waals surface area contributed by atoms with Gasteiger partial charge in [-0.1, -0.05) is 13.8 Å². The Morgan fingerprint density at radius 3 is 2.57 bits per heavy atom. The summed E-state index contributed by atoms with van der Waals surface area (Å²) < 4.78 is 27.4. The lowest BCUT2D eigenvalue weighted by Gasteiger charge is -2.36. The summed E-state index contributed by atoms with van der Waals surface area (Å²) in [5.41, 5.74) is -0.931. The average Bonchev–Trinajstić information content (AvgIpc) is 2.48. The van der Waals surface area contributed by atoms with Gasteiger partial charge in [0, 0.05) is 18.7 Å². The first-order valence-electron chi connectivity index (χ1n) is 7.33. The van der Waals surface area contributed by atoms with Gasteiger partial charge in [0.2, 0.25) is 5.91 Å². The number of hydrogen-bond donors (Lipinski definition) is 1. The highest BCUT2D eigenvalue weighted by Crippen LogP contribution is 2.20. The smallest absolute Gasteiger partial charge is 0.254 e. The van der Waals surface area contributed by atoms with Crippen LogP contribution in [0, 0.1) is 28.9 Å².